The monoisotopic (exact) mass is 379 g/mol. The molecule has 5 nitrogen and oxygen atoms in total. The van der Waals surface area contributed by atoms with Crippen LogP contribution in [0.25, 0.3) is 0 Å². The van der Waals surface area contributed by atoms with E-state index >= 15 is 0 Å². The van der Waals surface area contributed by atoms with Crippen LogP contribution in [-0.2, 0) is 4.79 Å². The number of benzene rings is 2. The van der Waals surface area contributed by atoms with Gasteiger partial charge in [-0.2, -0.15) is 0 Å². The smallest absolute Gasteiger partial charge is 0.251 e. The van der Waals surface area contributed by atoms with Crippen LogP contribution in [0.15, 0.2) is 79.0 Å². The van der Waals surface area contributed by atoms with E-state index in [2.05, 4.69) is 15.6 Å². The third-order valence-electron chi connectivity index (χ3n) is 3.93. The van der Waals surface area contributed by atoms with E-state index in [0.717, 1.165) is 5.56 Å². The second-order valence-electron chi connectivity index (χ2n) is 5.92. The number of carbonyl (C=O) groups is 2. The Labute approximate surface area is 162 Å². The van der Waals surface area contributed by atoms with Crippen LogP contribution in [0, 0.1) is 0 Å². The van der Waals surface area contributed by atoms with Crippen molar-refractivity contribution >= 4 is 29.2 Å². The summed E-state index contributed by atoms with van der Waals surface area (Å²) < 4.78 is 0. The molecule has 0 radical (unpaired) electrons. The lowest BCUT2D eigenvalue weighted by Gasteiger charge is -2.19. The molecular formula is C21H18ClN3O2. The van der Waals surface area contributed by atoms with Crippen molar-refractivity contribution in [3.63, 3.8) is 0 Å². The molecular weight excluding hydrogens is 362 g/mol. The average Bonchev–Trinajstić information content (AvgIpc) is 2.70. The molecule has 0 saturated carbocycles. The van der Waals surface area contributed by atoms with Crippen molar-refractivity contribution in [1.82, 2.24) is 10.3 Å². The number of nitrogens with one attached hydrogen (secondary N) is 2. The summed E-state index contributed by atoms with van der Waals surface area (Å²) in [4.78, 5) is 29.1. The molecule has 6 heteroatoms. The first-order valence-corrected chi connectivity index (χ1v) is 8.82. The number of nitrogens with zero attached hydrogens (tertiary/aromatic N) is 1. The first-order valence-electron chi connectivity index (χ1n) is 8.44. The highest BCUT2D eigenvalue weighted by atomic mass is 35.5. The SMILES string of the molecule is O=C(CC(NC(=O)c1ccccc1)c1ccccc1)Nc1ccc(Cl)cn1. The van der Waals surface area contributed by atoms with Crippen molar-refractivity contribution < 1.29 is 9.59 Å². The van der Waals surface area contributed by atoms with Crippen molar-refractivity contribution in [3.8, 4) is 0 Å². The predicted molar refractivity (Wildman–Crippen MR) is 106 cm³/mol. The number of halogens is 1. The minimum atomic E-state index is -0.466. The molecule has 0 fully saturated rings. The molecule has 136 valence electrons. The molecule has 0 aliphatic carbocycles. The summed E-state index contributed by atoms with van der Waals surface area (Å²) in [6.45, 7) is 0. The molecule has 2 N–H and O–H groups in total. The van der Waals surface area contributed by atoms with Crippen LogP contribution in [-0.4, -0.2) is 16.8 Å². The molecule has 27 heavy (non-hydrogen) atoms. The summed E-state index contributed by atoms with van der Waals surface area (Å²) in [5, 5.41) is 6.15. The Hall–Kier alpha value is -3.18. The Morgan fingerprint density at radius 1 is 0.926 bits per heavy atom. The quantitative estimate of drug-likeness (QED) is 0.673. The highest BCUT2D eigenvalue weighted by Crippen LogP contribution is 2.19. The summed E-state index contributed by atoms with van der Waals surface area (Å²) >= 11 is 5.81. The van der Waals surface area contributed by atoms with Crippen molar-refractivity contribution in [2.45, 2.75) is 12.5 Å². The minimum absolute atomic E-state index is 0.0763. The maximum Gasteiger partial charge on any atom is 0.251 e. The van der Waals surface area contributed by atoms with Crippen LogP contribution in [0.2, 0.25) is 5.02 Å². The number of anilines is 1. The molecule has 1 aromatic heterocycles. The van der Waals surface area contributed by atoms with Gasteiger partial charge in [-0.1, -0.05) is 60.1 Å². The lowest BCUT2D eigenvalue weighted by molar-refractivity contribution is -0.116. The van der Waals surface area contributed by atoms with Gasteiger partial charge in [0.05, 0.1) is 17.5 Å². The third kappa shape index (κ3) is 5.39. The van der Waals surface area contributed by atoms with E-state index < -0.39 is 6.04 Å². The molecule has 2 amide bonds. The van der Waals surface area contributed by atoms with E-state index in [4.69, 9.17) is 11.6 Å². The van der Waals surface area contributed by atoms with Crippen molar-refractivity contribution in [2.75, 3.05) is 5.32 Å². The van der Waals surface area contributed by atoms with Gasteiger partial charge in [0.25, 0.3) is 5.91 Å². The van der Waals surface area contributed by atoms with Gasteiger partial charge >= 0.3 is 0 Å². The Morgan fingerprint density at radius 2 is 1.59 bits per heavy atom. The average molecular weight is 380 g/mol. The standard InChI is InChI=1S/C21H18ClN3O2/c22-17-11-12-19(23-14-17)25-20(26)13-18(15-7-3-1-4-8-15)24-21(27)16-9-5-2-6-10-16/h1-12,14,18H,13H2,(H,24,27)(H,23,25,26). The lowest BCUT2D eigenvalue weighted by Crippen LogP contribution is -2.31. The van der Waals surface area contributed by atoms with Gasteiger partial charge in [-0.15, -0.1) is 0 Å². The molecule has 3 rings (SSSR count). The second kappa shape index (κ2) is 8.96. The Bertz CT molecular complexity index is 900. The highest BCUT2D eigenvalue weighted by molar-refractivity contribution is 6.30. The first kappa shape index (κ1) is 18.6. The Kier molecular flexibility index (Phi) is 6.18. The van der Waals surface area contributed by atoms with Gasteiger partial charge in [0, 0.05) is 11.8 Å². The summed E-state index contributed by atoms with van der Waals surface area (Å²) in [6.07, 6.45) is 1.54. The Balaban J connectivity index is 1.73. The molecule has 0 aliphatic heterocycles. The molecule has 1 heterocycles. The molecule has 1 unspecified atom stereocenters. The summed E-state index contributed by atoms with van der Waals surface area (Å²) in [6, 6.07) is 21.1. The zero-order chi connectivity index (χ0) is 19.1. The van der Waals surface area contributed by atoms with Crippen LogP contribution in [0.1, 0.15) is 28.4 Å². The molecule has 1 atom stereocenters. The normalized spacial score (nSPS) is 11.4. The summed E-state index contributed by atoms with van der Waals surface area (Å²) in [5.74, 6) is -0.0838. The van der Waals surface area contributed by atoms with Crippen LogP contribution in [0.5, 0.6) is 0 Å². The molecule has 0 aliphatic rings. The van der Waals surface area contributed by atoms with E-state index in [9.17, 15) is 9.59 Å². The number of aromatic nitrogens is 1. The van der Waals surface area contributed by atoms with E-state index in [-0.39, 0.29) is 18.2 Å². The van der Waals surface area contributed by atoms with Crippen molar-refractivity contribution in [3.05, 3.63) is 95.1 Å². The van der Waals surface area contributed by atoms with Gasteiger partial charge in [0.1, 0.15) is 5.82 Å². The minimum Gasteiger partial charge on any atom is -0.345 e. The fraction of sp³-hybridized carbons (Fsp3) is 0.0952. The number of hydrogen-bond donors (Lipinski definition) is 2. The number of amides is 2. The first-order chi connectivity index (χ1) is 13.1. The van der Waals surface area contributed by atoms with E-state index in [1.807, 2.05) is 36.4 Å². The molecule has 0 spiro atoms. The Morgan fingerprint density at radius 3 is 2.22 bits per heavy atom. The third-order valence-corrected chi connectivity index (χ3v) is 4.15. The van der Waals surface area contributed by atoms with E-state index in [1.54, 1.807) is 36.4 Å². The van der Waals surface area contributed by atoms with Gasteiger partial charge in [0.2, 0.25) is 5.91 Å². The fourth-order valence-corrected chi connectivity index (χ4v) is 2.71. The lowest BCUT2D eigenvalue weighted by atomic mass is 10.0. The van der Waals surface area contributed by atoms with Crippen LogP contribution in [0.3, 0.4) is 0 Å². The predicted octanol–water partition coefficient (Wildman–Crippen LogP) is 4.23. The number of rotatable bonds is 6. The van der Waals surface area contributed by atoms with Crippen LogP contribution < -0.4 is 10.6 Å². The van der Waals surface area contributed by atoms with Gasteiger partial charge in [0.15, 0.2) is 0 Å². The van der Waals surface area contributed by atoms with Gasteiger partial charge in [-0.05, 0) is 29.8 Å². The van der Waals surface area contributed by atoms with E-state index in [1.165, 1.54) is 6.20 Å². The fourth-order valence-electron chi connectivity index (χ4n) is 2.60. The van der Waals surface area contributed by atoms with Gasteiger partial charge < -0.3 is 10.6 Å². The molecule has 0 bridgehead atoms. The molecule has 3 aromatic rings. The van der Waals surface area contributed by atoms with Crippen molar-refractivity contribution in [1.29, 1.82) is 0 Å². The number of hydrogen-bond acceptors (Lipinski definition) is 3. The van der Waals surface area contributed by atoms with Crippen molar-refractivity contribution in [2.24, 2.45) is 0 Å². The second-order valence-corrected chi connectivity index (χ2v) is 6.35. The van der Waals surface area contributed by atoms with E-state index in [0.29, 0.717) is 16.4 Å². The zero-order valence-electron chi connectivity index (χ0n) is 14.4. The van der Waals surface area contributed by atoms with Crippen LogP contribution in [0.4, 0.5) is 5.82 Å². The van der Waals surface area contributed by atoms with Crippen LogP contribution >= 0.6 is 11.6 Å². The zero-order valence-corrected chi connectivity index (χ0v) is 15.2. The number of carbonyl (C=O) groups excluding carboxylic acids is 2. The maximum atomic E-state index is 12.5. The number of pyridine rings is 1. The topological polar surface area (TPSA) is 71.1 Å². The molecule has 2 aromatic carbocycles. The molecule has 0 saturated heterocycles. The summed E-state index contributed by atoms with van der Waals surface area (Å²) in [5.41, 5.74) is 1.39. The maximum absolute atomic E-state index is 12.5. The van der Waals surface area contributed by atoms with Gasteiger partial charge in [-0.3, -0.25) is 9.59 Å². The van der Waals surface area contributed by atoms with Gasteiger partial charge in [-0.25, -0.2) is 4.98 Å². The highest BCUT2D eigenvalue weighted by Gasteiger charge is 2.19. The largest absolute Gasteiger partial charge is 0.345 e. The summed E-state index contributed by atoms with van der Waals surface area (Å²) in [7, 11) is 0.